The van der Waals surface area contributed by atoms with Crippen LogP contribution in [0.4, 0.5) is 0 Å². The topological polar surface area (TPSA) is 30.0 Å². The van der Waals surface area contributed by atoms with E-state index in [1.807, 2.05) is 12.3 Å². The fourth-order valence-corrected chi connectivity index (χ4v) is 2.91. The zero-order chi connectivity index (χ0) is 13.0. The number of nitrogens with zero attached hydrogens (tertiary/aromatic N) is 1. The van der Waals surface area contributed by atoms with Gasteiger partial charge in [-0.3, -0.25) is 4.79 Å². The summed E-state index contributed by atoms with van der Waals surface area (Å²) in [5.74, 6) is 0.741. The lowest BCUT2D eigenvalue weighted by Gasteiger charge is -2.01. The second-order valence-corrected chi connectivity index (χ2v) is 6.29. The summed E-state index contributed by atoms with van der Waals surface area (Å²) in [5, 5.41) is 2.98. The Hall–Kier alpha value is -1.13. The first-order valence-electron chi connectivity index (χ1n) is 5.75. The number of aromatic nitrogens is 1. The average Bonchev–Trinajstić information content (AvgIpc) is 2.74. The number of benzene rings is 1. The Labute approximate surface area is 115 Å². The van der Waals surface area contributed by atoms with Gasteiger partial charge >= 0.3 is 0 Å². The molecule has 1 aromatic carbocycles. The van der Waals surface area contributed by atoms with Crippen LogP contribution in [0, 0.1) is 13.8 Å². The Kier molecular flexibility index (Phi) is 4.55. The molecular weight excluding hydrogens is 262 g/mol. The third kappa shape index (κ3) is 3.96. The van der Waals surface area contributed by atoms with E-state index >= 15 is 0 Å². The zero-order valence-electron chi connectivity index (χ0n) is 10.5. The molecule has 0 bridgehead atoms. The molecule has 0 radical (unpaired) electrons. The Bertz CT molecular complexity index is 531. The molecule has 0 aliphatic heterocycles. The quantitative estimate of drug-likeness (QED) is 0.781. The zero-order valence-corrected chi connectivity index (χ0v) is 12.1. The van der Waals surface area contributed by atoms with Crippen LogP contribution in [-0.2, 0) is 11.2 Å². The summed E-state index contributed by atoms with van der Waals surface area (Å²) < 4.78 is 0. The Morgan fingerprint density at radius 2 is 2.00 bits per heavy atom. The smallest absolute Gasteiger partial charge is 0.149 e. The summed E-state index contributed by atoms with van der Waals surface area (Å²) in [4.78, 5) is 17.3. The van der Waals surface area contributed by atoms with Gasteiger partial charge in [-0.05, 0) is 26.0 Å². The summed E-state index contributed by atoms with van der Waals surface area (Å²) in [6.07, 6.45) is 0.448. The van der Waals surface area contributed by atoms with E-state index in [0.29, 0.717) is 12.2 Å². The van der Waals surface area contributed by atoms with Crippen molar-refractivity contribution in [3.8, 4) is 0 Å². The second-order valence-electron chi connectivity index (χ2n) is 4.18. The Morgan fingerprint density at radius 1 is 1.28 bits per heavy atom. The number of ketones is 1. The lowest BCUT2D eigenvalue weighted by atomic mass is 10.2. The highest BCUT2D eigenvalue weighted by atomic mass is 32.2. The van der Waals surface area contributed by atoms with Crippen molar-refractivity contribution in [3.63, 3.8) is 0 Å². The molecule has 1 heterocycles. The molecular formula is C14H15NOS2. The van der Waals surface area contributed by atoms with Crippen LogP contribution in [0.5, 0.6) is 0 Å². The number of carbonyl (C=O) groups excluding carboxylic acids is 1. The number of hydrogen-bond donors (Lipinski definition) is 0. The van der Waals surface area contributed by atoms with Gasteiger partial charge in [0.15, 0.2) is 0 Å². The highest BCUT2D eigenvalue weighted by molar-refractivity contribution is 8.00. The maximum atomic E-state index is 11.8. The minimum atomic E-state index is 0.228. The number of Topliss-reactive ketones (excluding diaryl/α,β-unsaturated/α-hetero) is 1. The fraction of sp³-hybridized carbons (Fsp3) is 0.286. The molecule has 0 aliphatic rings. The van der Waals surface area contributed by atoms with Gasteiger partial charge < -0.3 is 0 Å². The number of aryl methyl sites for hydroxylation is 2. The normalized spacial score (nSPS) is 10.6. The van der Waals surface area contributed by atoms with Crippen LogP contribution in [-0.4, -0.2) is 16.5 Å². The number of hydrogen-bond acceptors (Lipinski definition) is 4. The number of carbonyl (C=O) groups is 1. The van der Waals surface area contributed by atoms with Crippen molar-refractivity contribution in [2.75, 3.05) is 5.75 Å². The van der Waals surface area contributed by atoms with Crippen molar-refractivity contribution in [3.05, 3.63) is 45.9 Å². The molecule has 94 valence electrons. The third-order valence-electron chi connectivity index (χ3n) is 2.47. The largest absolute Gasteiger partial charge is 0.298 e. The average molecular weight is 277 g/mol. The van der Waals surface area contributed by atoms with Crippen LogP contribution in [0.25, 0.3) is 0 Å². The summed E-state index contributed by atoms with van der Waals surface area (Å²) in [6.45, 7) is 4.02. The van der Waals surface area contributed by atoms with Gasteiger partial charge in [0.1, 0.15) is 5.78 Å². The van der Waals surface area contributed by atoms with E-state index in [4.69, 9.17) is 0 Å². The first-order chi connectivity index (χ1) is 8.63. The van der Waals surface area contributed by atoms with Crippen LogP contribution in [0.2, 0.25) is 0 Å². The van der Waals surface area contributed by atoms with Crippen LogP contribution in [0.1, 0.15) is 16.3 Å². The number of thiazole rings is 1. The third-order valence-corrected chi connectivity index (χ3v) is 4.36. The van der Waals surface area contributed by atoms with Gasteiger partial charge in [0, 0.05) is 10.3 Å². The van der Waals surface area contributed by atoms with Crippen molar-refractivity contribution >= 4 is 28.9 Å². The van der Waals surface area contributed by atoms with E-state index in [2.05, 4.69) is 36.2 Å². The number of rotatable bonds is 5. The second kappa shape index (κ2) is 6.16. The molecule has 0 saturated carbocycles. The van der Waals surface area contributed by atoms with Crippen molar-refractivity contribution in [1.82, 2.24) is 4.98 Å². The Balaban J connectivity index is 1.83. The standard InChI is InChI=1S/C14H15NOS2/c1-10-3-5-14(6-4-10)18-9-13(16)7-12-8-17-11(2)15-12/h3-6,8H,7,9H2,1-2H3. The molecule has 2 aromatic rings. The van der Waals surface area contributed by atoms with E-state index in [9.17, 15) is 4.79 Å². The number of thioether (sulfide) groups is 1. The molecule has 1 aromatic heterocycles. The van der Waals surface area contributed by atoms with Gasteiger partial charge in [0.05, 0.1) is 22.9 Å². The predicted octanol–water partition coefficient (Wildman–Crippen LogP) is 3.66. The molecule has 4 heteroatoms. The molecule has 0 saturated heterocycles. The van der Waals surface area contributed by atoms with Gasteiger partial charge in [0.2, 0.25) is 0 Å². The van der Waals surface area contributed by atoms with Gasteiger partial charge in [-0.25, -0.2) is 4.98 Å². The van der Waals surface area contributed by atoms with Crippen molar-refractivity contribution in [2.24, 2.45) is 0 Å². The molecule has 2 rings (SSSR count). The minimum Gasteiger partial charge on any atom is -0.298 e. The molecule has 0 atom stereocenters. The molecule has 0 fully saturated rings. The predicted molar refractivity (Wildman–Crippen MR) is 77.5 cm³/mol. The van der Waals surface area contributed by atoms with Crippen LogP contribution < -0.4 is 0 Å². The minimum absolute atomic E-state index is 0.228. The van der Waals surface area contributed by atoms with Crippen LogP contribution in [0.3, 0.4) is 0 Å². The molecule has 0 spiro atoms. The van der Waals surface area contributed by atoms with Gasteiger partial charge in [-0.2, -0.15) is 0 Å². The van der Waals surface area contributed by atoms with Gasteiger partial charge in [-0.1, -0.05) is 17.7 Å². The maximum Gasteiger partial charge on any atom is 0.149 e. The van der Waals surface area contributed by atoms with Gasteiger partial charge in [0.25, 0.3) is 0 Å². The Morgan fingerprint density at radius 3 is 2.61 bits per heavy atom. The van der Waals surface area contributed by atoms with Crippen LogP contribution >= 0.6 is 23.1 Å². The van der Waals surface area contributed by atoms with Crippen molar-refractivity contribution < 1.29 is 4.79 Å². The van der Waals surface area contributed by atoms with Gasteiger partial charge in [-0.15, -0.1) is 23.1 Å². The maximum absolute atomic E-state index is 11.8. The van der Waals surface area contributed by atoms with E-state index in [-0.39, 0.29) is 5.78 Å². The fourth-order valence-electron chi connectivity index (χ4n) is 1.54. The van der Waals surface area contributed by atoms with E-state index in [1.165, 1.54) is 5.56 Å². The molecule has 2 nitrogen and oxygen atoms in total. The van der Waals surface area contributed by atoms with Crippen LogP contribution in [0.15, 0.2) is 34.5 Å². The van der Waals surface area contributed by atoms with E-state index < -0.39 is 0 Å². The molecule has 0 unspecified atom stereocenters. The summed E-state index contributed by atoms with van der Waals surface area (Å²) in [6, 6.07) is 8.24. The molecule has 0 N–H and O–H groups in total. The molecule has 0 amide bonds. The first-order valence-corrected chi connectivity index (χ1v) is 7.62. The highest BCUT2D eigenvalue weighted by Crippen LogP contribution is 2.19. The molecule has 0 aliphatic carbocycles. The van der Waals surface area contributed by atoms with E-state index in [0.717, 1.165) is 15.6 Å². The van der Waals surface area contributed by atoms with E-state index in [1.54, 1.807) is 23.1 Å². The lowest BCUT2D eigenvalue weighted by molar-refractivity contribution is -0.116. The first kappa shape index (κ1) is 13.3. The lowest BCUT2D eigenvalue weighted by Crippen LogP contribution is -2.05. The SMILES string of the molecule is Cc1ccc(SCC(=O)Cc2csc(C)n2)cc1. The summed E-state index contributed by atoms with van der Waals surface area (Å²) in [7, 11) is 0. The van der Waals surface area contributed by atoms with Crippen molar-refractivity contribution in [2.45, 2.75) is 25.2 Å². The van der Waals surface area contributed by atoms with Crippen molar-refractivity contribution in [1.29, 1.82) is 0 Å². The highest BCUT2D eigenvalue weighted by Gasteiger charge is 2.07. The monoisotopic (exact) mass is 277 g/mol. The molecule has 18 heavy (non-hydrogen) atoms. The summed E-state index contributed by atoms with van der Waals surface area (Å²) in [5.41, 5.74) is 2.13. The summed E-state index contributed by atoms with van der Waals surface area (Å²) >= 11 is 3.18.